The minimum Gasteiger partial charge on any atom is -0.480 e. The molecule has 0 amide bonds. The molecule has 0 aliphatic rings. The Hall–Kier alpha value is -0.660. The van der Waals surface area contributed by atoms with E-state index >= 15 is 0 Å². The Morgan fingerprint density at radius 1 is 1.53 bits per heavy atom. The second kappa shape index (κ2) is 6.76. The lowest BCUT2D eigenvalue weighted by atomic mass is 10.2. The maximum absolute atomic E-state index is 11.3. The molecule has 0 heterocycles. The molecule has 15 heavy (non-hydrogen) atoms. The van der Waals surface area contributed by atoms with Gasteiger partial charge in [0.2, 0.25) is 10.0 Å². The van der Waals surface area contributed by atoms with Gasteiger partial charge >= 0.3 is 5.97 Å². The normalized spacial score (nSPS) is 13.7. The second-order valence-corrected chi connectivity index (χ2v) is 4.97. The van der Waals surface area contributed by atoms with Crippen LogP contribution in [-0.2, 0) is 19.6 Å². The highest BCUT2D eigenvalue weighted by Crippen LogP contribution is 1.99. The first-order valence-corrected chi connectivity index (χ1v) is 6.27. The zero-order chi connectivity index (χ0) is 11.9. The Labute approximate surface area is 89.7 Å². The number of rotatable bonds is 8. The van der Waals surface area contributed by atoms with Gasteiger partial charge in [-0.15, -0.1) is 0 Å². The number of hydrogen-bond donors (Lipinski definition) is 2. The average molecular weight is 239 g/mol. The Morgan fingerprint density at radius 3 is 2.53 bits per heavy atom. The van der Waals surface area contributed by atoms with Gasteiger partial charge in [0.15, 0.2) is 5.75 Å². The molecule has 2 N–H and O–H groups in total. The summed E-state index contributed by atoms with van der Waals surface area (Å²) in [5, 5.41) is 8.37. The fourth-order valence-corrected chi connectivity index (χ4v) is 2.29. The summed E-state index contributed by atoms with van der Waals surface area (Å²) in [7, 11) is -2.29. The number of ether oxygens (including phenoxy) is 1. The minimum absolute atomic E-state index is 0.243. The quantitative estimate of drug-likeness (QED) is 0.612. The number of aliphatic carboxylic acids is 1. The van der Waals surface area contributed by atoms with E-state index in [9.17, 15) is 13.2 Å². The molecule has 0 aliphatic carbocycles. The molecular formula is C8H17NO5S. The molecule has 0 aromatic heterocycles. The SMILES string of the molecule is CCCC(COC)NS(=O)(=O)CC(=O)O. The lowest BCUT2D eigenvalue weighted by molar-refractivity contribution is -0.134. The Balaban J connectivity index is 4.31. The van der Waals surface area contributed by atoms with Crippen molar-refractivity contribution in [2.75, 3.05) is 19.5 Å². The van der Waals surface area contributed by atoms with Gasteiger partial charge < -0.3 is 9.84 Å². The predicted molar refractivity (Wildman–Crippen MR) is 55.1 cm³/mol. The molecule has 7 heteroatoms. The van der Waals surface area contributed by atoms with Gasteiger partial charge in [-0.3, -0.25) is 4.79 Å². The van der Waals surface area contributed by atoms with E-state index in [0.717, 1.165) is 6.42 Å². The number of hydrogen-bond acceptors (Lipinski definition) is 4. The number of carboxylic acids is 1. The number of carboxylic acid groups (broad SMARTS) is 1. The number of methoxy groups -OCH3 is 1. The van der Waals surface area contributed by atoms with Crippen LogP contribution in [0.25, 0.3) is 0 Å². The molecule has 0 saturated heterocycles. The summed E-state index contributed by atoms with van der Waals surface area (Å²) in [6.45, 7) is 2.15. The zero-order valence-electron chi connectivity index (χ0n) is 8.89. The van der Waals surface area contributed by atoms with Crippen LogP contribution in [0.5, 0.6) is 0 Å². The van der Waals surface area contributed by atoms with Crippen molar-refractivity contribution in [3.05, 3.63) is 0 Å². The van der Waals surface area contributed by atoms with Crippen LogP contribution in [0.4, 0.5) is 0 Å². The van der Waals surface area contributed by atoms with Crippen LogP contribution in [-0.4, -0.2) is 45.0 Å². The van der Waals surface area contributed by atoms with Gasteiger partial charge in [0.05, 0.1) is 6.61 Å². The molecule has 0 bridgehead atoms. The summed E-state index contributed by atoms with van der Waals surface area (Å²) < 4.78 is 29.6. The molecule has 1 atom stereocenters. The van der Waals surface area contributed by atoms with Gasteiger partial charge in [0.1, 0.15) is 0 Å². The Bertz CT molecular complexity index is 281. The highest BCUT2D eigenvalue weighted by molar-refractivity contribution is 7.90. The summed E-state index contributed by atoms with van der Waals surface area (Å²) >= 11 is 0. The van der Waals surface area contributed by atoms with Gasteiger partial charge in [-0.1, -0.05) is 13.3 Å². The summed E-state index contributed by atoms with van der Waals surface area (Å²) in [6.07, 6.45) is 1.41. The highest BCUT2D eigenvalue weighted by Gasteiger charge is 2.20. The molecule has 0 aromatic rings. The van der Waals surface area contributed by atoms with Crippen LogP contribution in [0, 0.1) is 0 Å². The molecule has 0 radical (unpaired) electrons. The third-order valence-corrected chi connectivity index (χ3v) is 2.98. The number of carbonyl (C=O) groups is 1. The number of sulfonamides is 1. The Morgan fingerprint density at radius 2 is 2.13 bits per heavy atom. The van der Waals surface area contributed by atoms with Crippen LogP contribution in [0.1, 0.15) is 19.8 Å². The van der Waals surface area contributed by atoms with Crippen molar-refractivity contribution in [1.82, 2.24) is 4.72 Å². The van der Waals surface area contributed by atoms with E-state index in [1.54, 1.807) is 0 Å². The first kappa shape index (κ1) is 14.3. The van der Waals surface area contributed by atoms with Crippen molar-refractivity contribution >= 4 is 16.0 Å². The average Bonchev–Trinajstić information content (AvgIpc) is 2.01. The van der Waals surface area contributed by atoms with E-state index in [1.807, 2.05) is 6.92 Å². The zero-order valence-corrected chi connectivity index (χ0v) is 9.71. The van der Waals surface area contributed by atoms with Gasteiger partial charge in [0, 0.05) is 13.2 Å². The summed E-state index contributed by atoms with van der Waals surface area (Å²) in [5.41, 5.74) is 0. The van der Waals surface area contributed by atoms with E-state index in [2.05, 4.69) is 4.72 Å². The first-order valence-electron chi connectivity index (χ1n) is 4.62. The van der Waals surface area contributed by atoms with Gasteiger partial charge in [0.25, 0.3) is 0 Å². The summed E-state index contributed by atoms with van der Waals surface area (Å²) in [4.78, 5) is 10.3. The monoisotopic (exact) mass is 239 g/mol. The lowest BCUT2D eigenvalue weighted by Gasteiger charge is -2.16. The van der Waals surface area contributed by atoms with Crippen LogP contribution in [0.15, 0.2) is 0 Å². The van der Waals surface area contributed by atoms with Crippen molar-refractivity contribution < 1.29 is 23.1 Å². The van der Waals surface area contributed by atoms with E-state index in [-0.39, 0.29) is 12.6 Å². The van der Waals surface area contributed by atoms with Crippen LogP contribution >= 0.6 is 0 Å². The number of nitrogens with one attached hydrogen (secondary N) is 1. The van der Waals surface area contributed by atoms with Gasteiger partial charge in [-0.25, -0.2) is 13.1 Å². The van der Waals surface area contributed by atoms with Crippen molar-refractivity contribution in [2.45, 2.75) is 25.8 Å². The van der Waals surface area contributed by atoms with E-state index in [0.29, 0.717) is 6.42 Å². The topological polar surface area (TPSA) is 92.7 Å². The van der Waals surface area contributed by atoms with Crippen molar-refractivity contribution in [2.24, 2.45) is 0 Å². The highest BCUT2D eigenvalue weighted by atomic mass is 32.2. The summed E-state index contributed by atoms with van der Waals surface area (Å²) in [6, 6.07) is -0.357. The third kappa shape index (κ3) is 7.29. The lowest BCUT2D eigenvalue weighted by Crippen LogP contribution is -2.40. The van der Waals surface area contributed by atoms with Crippen molar-refractivity contribution in [3.8, 4) is 0 Å². The molecule has 0 rings (SSSR count). The van der Waals surface area contributed by atoms with Crippen molar-refractivity contribution in [1.29, 1.82) is 0 Å². The fraction of sp³-hybridized carbons (Fsp3) is 0.875. The van der Waals surface area contributed by atoms with E-state index in [4.69, 9.17) is 9.84 Å². The third-order valence-electron chi connectivity index (χ3n) is 1.66. The largest absolute Gasteiger partial charge is 0.480 e. The fourth-order valence-electron chi connectivity index (χ4n) is 1.18. The van der Waals surface area contributed by atoms with Crippen LogP contribution in [0.3, 0.4) is 0 Å². The molecule has 1 unspecified atom stereocenters. The Kier molecular flexibility index (Phi) is 6.46. The molecule has 0 spiro atoms. The smallest absolute Gasteiger partial charge is 0.320 e. The van der Waals surface area contributed by atoms with E-state index in [1.165, 1.54) is 7.11 Å². The first-order chi connectivity index (χ1) is 6.91. The maximum Gasteiger partial charge on any atom is 0.320 e. The standard InChI is InChI=1S/C8H17NO5S/c1-3-4-7(5-14-2)9-15(12,13)6-8(10)11/h7,9H,3-6H2,1-2H3,(H,10,11). The van der Waals surface area contributed by atoms with Crippen molar-refractivity contribution in [3.63, 3.8) is 0 Å². The molecule has 0 fully saturated rings. The second-order valence-electron chi connectivity index (χ2n) is 3.21. The molecule has 90 valence electrons. The summed E-state index contributed by atoms with van der Waals surface area (Å²) in [5.74, 6) is -2.27. The van der Waals surface area contributed by atoms with Crippen LogP contribution < -0.4 is 4.72 Å². The molecule has 0 saturated carbocycles. The molecule has 0 aliphatic heterocycles. The molecule has 6 nitrogen and oxygen atoms in total. The maximum atomic E-state index is 11.3. The van der Waals surface area contributed by atoms with Gasteiger partial charge in [-0.2, -0.15) is 0 Å². The van der Waals surface area contributed by atoms with Crippen LogP contribution in [0.2, 0.25) is 0 Å². The molecular weight excluding hydrogens is 222 g/mol. The molecule has 0 aromatic carbocycles. The minimum atomic E-state index is -3.75. The van der Waals surface area contributed by atoms with E-state index < -0.39 is 21.7 Å². The predicted octanol–water partition coefficient (Wildman–Crippen LogP) is -0.194. The van der Waals surface area contributed by atoms with Gasteiger partial charge in [-0.05, 0) is 6.42 Å².